The third-order valence-corrected chi connectivity index (χ3v) is 4.47. The van der Waals surface area contributed by atoms with E-state index in [0.29, 0.717) is 5.56 Å². The number of piperidine rings is 1. The van der Waals surface area contributed by atoms with Crippen LogP contribution in [0.15, 0.2) is 48.5 Å². The summed E-state index contributed by atoms with van der Waals surface area (Å²) in [6, 6.07) is 14.7. The molecule has 0 aliphatic carbocycles. The number of benzene rings is 2. The average Bonchev–Trinajstić information content (AvgIpc) is 2.62. The number of hydrogen-bond acceptors (Lipinski definition) is 3. The summed E-state index contributed by atoms with van der Waals surface area (Å²) in [5.41, 5.74) is 1.77. The molecule has 0 bridgehead atoms. The van der Waals surface area contributed by atoms with E-state index in [2.05, 4.69) is 16.7 Å². The lowest BCUT2D eigenvalue weighted by Gasteiger charge is -2.22. The van der Waals surface area contributed by atoms with Gasteiger partial charge in [-0.15, -0.1) is 0 Å². The van der Waals surface area contributed by atoms with Crippen LogP contribution in [-0.4, -0.2) is 19.6 Å². The minimum absolute atomic E-state index is 0.225. The molecule has 1 aliphatic rings. The molecule has 0 atom stereocenters. The lowest BCUT2D eigenvalue weighted by Crippen LogP contribution is -2.33. The van der Waals surface area contributed by atoms with Crippen LogP contribution in [0.4, 0.5) is 4.39 Å². The Kier molecular flexibility index (Phi) is 6.21. The molecule has 0 unspecified atom stereocenters. The summed E-state index contributed by atoms with van der Waals surface area (Å²) in [5, 5.41) is 6.93. The largest absolute Gasteiger partial charge is 0.489 e. The van der Waals surface area contributed by atoms with Crippen LogP contribution < -0.4 is 15.4 Å². The average molecular weight is 328 g/mol. The predicted molar refractivity (Wildman–Crippen MR) is 94.5 cm³/mol. The number of rotatable bonds is 7. The molecule has 1 fully saturated rings. The Hall–Kier alpha value is -1.91. The normalized spacial score (nSPS) is 15.4. The van der Waals surface area contributed by atoms with Crippen molar-refractivity contribution in [1.29, 1.82) is 0 Å². The summed E-state index contributed by atoms with van der Waals surface area (Å²) >= 11 is 0. The highest BCUT2D eigenvalue weighted by Crippen LogP contribution is 2.17. The van der Waals surface area contributed by atoms with Crippen LogP contribution in [0.3, 0.4) is 0 Å². The van der Waals surface area contributed by atoms with Gasteiger partial charge in [-0.05, 0) is 62.2 Å². The second kappa shape index (κ2) is 8.81. The molecule has 4 heteroatoms. The van der Waals surface area contributed by atoms with Gasteiger partial charge in [0.25, 0.3) is 0 Å². The van der Waals surface area contributed by atoms with Crippen molar-refractivity contribution in [2.24, 2.45) is 5.92 Å². The highest BCUT2D eigenvalue weighted by atomic mass is 19.1. The number of hydrogen-bond donors (Lipinski definition) is 2. The van der Waals surface area contributed by atoms with Crippen molar-refractivity contribution in [3.63, 3.8) is 0 Å². The second-order valence-corrected chi connectivity index (χ2v) is 6.35. The van der Waals surface area contributed by atoms with Crippen LogP contribution in [-0.2, 0) is 13.2 Å². The Bertz CT molecular complexity index is 641. The molecule has 0 aromatic heterocycles. The van der Waals surface area contributed by atoms with E-state index in [1.54, 1.807) is 12.1 Å². The molecule has 1 saturated heterocycles. The zero-order valence-electron chi connectivity index (χ0n) is 13.9. The number of nitrogens with one attached hydrogen (secondary N) is 2. The molecule has 2 aromatic carbocycles. The molecular weight excluding hydrogens is 303 g/mol. The van der Waals surface area contributed by atoms with E-state index in [0.717, 1.165) is 37.8 Å². The summed E-state index contributed by atoms with van der Waals surface area (Å²) in [4.78, 5) is 0. The second-order valence-electron chi connectivity index (χ2n) is 6.35. The molecule has 3 nitrogen and oxygen atoms in total. The van der Waals surface area contributed by atoms with Crippen LogP contribution >= 0.6 is 0 Å². The van der Waals surface area contributed by atoms with Crippen LogP contribution in [0.25, 0.3) is 0 Å². The van der Waals surface area contributed by atoms with Gasteiger partial charge in [-0.25, -0.2) is 4.39 Å². The smallest absolute Gasteiger partial charge is 0.129 e. The summed E-state index contributed by atoms with van der Waals surface area (Å²) in [6.07, 6.45) is 2.50. The minimum atomic E-state index is -0.225. The lowest BCUT2D eigenvalue weighted by atomic mass is 9.98. The van der Waals surface area contributed by atoms with Crippen molar-refractivity contribution in [3.8, 4) is 5.75 Å². The van der Waals surface area contributed by atoms with Gasteiger partial charge in [-0.1, -0.05) is 30.3 Å². The zero-order chi connectivity index (χ0) is 16.6. The molecule has 0 amide bonds. The van der Waals surface area contributed by atoms with Crippen molar-refractivity contribution in [2.45, 2.75) is 26.0 Å². The molecular formula is C20H25FN2O. The molecule has 1 heterocycles. The molecule has 1 aliphatic heterocycles. The fourth-order valence-corrected chi connectivity index (χ4v) is 3.03. The Labute approximate surface area is 143 Å². The van der Waals surface area contributed by atoms with Crippen LogP contribution in [0, 0.1) is 11.7 Å². The molecule has 3 rings (SSSR count). The Balaban J connectivity index is 1.47. The first-order valence-electron chi connectivity index (χ1n) is 8.68. The molecule has 0 spiro atoms. The fourth-order valence-electron chi connectivity index (χ4n) is 3.03. The SMILES string of the molecule is Fc1ccccc1COc1cccc(CNCC2CCNCC2)c1. The highest BCUT2D eigenvalue weighted by molar-refractivity contribution is 5.29. The summed E-state index contributed by atoms with van der Waals surface area (Å²) in [6.45, 7) is 4.40. The van der Waals surface area contributed by atoms with Crippen LogP contribution in [0.2, 0.25) is 0 Å². The third-order valence-electron chi connectivity index (χ3n) is 4.47. The maximum atomic E-state index is 13.6. The van der Waals surface area contributed by atoms with E-state index >= 15 is 0 Å². The van der Waals surface area contributed by atoms with Gasteiger partial charge in [-0.2, -0.15) is 0 Å². The summed E-state index contributed by atoms with van der Waals surface area (Å²) < 4.78 is 19.4. The van der Waals surface area contributed by atoms with E-state index in [1.165, 1.54) is 24.5 Å². The Morgan fingerprint density at radius 3 is 2.75 bits per heavy atom. The topological polar surface area (TPSA) is 33.3 Å². The number of halogens is 1. The summed E-state index contributed by atoms with van der Waals surface area (Å²) in [5.74, 6) is 1.32. The van der Waals surface area contributed by atoms with E-state index in [-0.39, 0.29) is 12.4 Å². The van der Waals surface area contributed by atoms with E-state index in [4.69, 9.17) is 4.74 Å². The van der Waals surface area contributed by atoms with Gasteiger partial charge in [0.05, 0.1) is 0 Å². The van der Waals surface area contributed by atoms with Gasteiger partial charge in [0.1, 0.15) is 18.2 Å². The van der Waals surface area contributed by atoms with Gasteiger partial charge in [0.15, 0.2) is 0 Å². The molecule has 0 saturated carbocycles. The van der Waals surface area contributed by atoms with Crippen LogP contribution in [0.1, 0.15) is 24.0 Å². The van der Waals surface area contributed by atoms with Crippen molar-refractivity contribution >= 4 is 0 Å². The van der Waals surface area contributed by atoms with Gasteiger partial charge in [0, 0.05) is 12.1 Å². The van der Waals surface area contributed by atoms with Gasteiger partial charge >= 0.3 is 0 Å². The fraction of sp³-hybridized carbons (Fsp3) is 0.400. The van der Waals surface area contributed by atoms with E-state index in [1.807, 2.05) is 24.3 Å². The van der Waals surface area contributed by atoms with Gasteiger partial charge in [-0.3, -0.25) is 0 Å². The third kappa shape index (κ3) is 5.05. The highest BCUT2D eigenvalue weighted by Gasteiger charge is 2.12. The Morgan fingerprint density at radius 2 is 1.92 bits per heavy atom. The maximum absolute atomic E-state index is 13.6. The number of ether oxygens (including phenoxy) is 1. The molecule has 2 aromatic rings. The molecule has 24 heavy (non-hydrogen) atoms. The first-order chi connectivity index (χ1) is 11.8. The van der Waals surface area contributed by atoms with Crippen LogP contribution in [0.5, 0.6) is 5.75 Å². The van der Waals surface area contributed by atoms with Gasteiger partial charge in [0.2, 0.25) is 0 Å². The minimum Gasteiger partial charge on any atom is -0.489 e. The molecule has 128 valence electrons. The predicted octanol–water partition coefficient (Wildman–Crippen LogP) is 3.49. The van der Waals surface area contributed by atoms with Crippen molar-refractivity contribution in [1.82, 2.24) is 10.6 Å². The van der Waals surface area contributed by atoms with Crippen molar-refractivity contribution in [2.75, 3.05) is 19.6 Å². The summed E-state index contributed by atoms with van der Waals surface area (Å²) in [7, 11) is 0. The van der Waals surface area contributed by atoms with Crippen molar-refractivity contribution < 1.29 is 9.13 Å². The van der Waals surface area contributed by atoms with E-state index < -0.39 is 0 Å². The first-order valence-corrected chi connectivity index (χ1v) is 8.68. The molecule has 0 radical (unpaired) electrons. The van der Waals surface area contributed by atoms with Gasteiger partial charge < -0.3 is 15.4 Å². The Morgan fingerprint density at radius 1 is 1.08 bits per heavy atom. The molecule has 2 N–H and O–H groups in total. The maximum Gasteiger partial charge on any atom is 0.129 e. The standard InChI is InChI=1S/C20H25FN2O/c21-20-7-2-1-5-18(20)15-24-19-6-3-4-17(12-19)14-23-13-16-8-10-22-11-9-16/h1-7,12,16,22-23H,8-11,13-15H2. The van der Waals surface area contributed by atoms with E-state index in [9.17, 15) is 4.39 Å². The van der Waals surface area contributed by atoms with Crippen molar-refractivity contribution in [3.05, 3.63) is 65.5 Å². The zero-order valence-corrected chi connectivity index (χ0v) is 13.9. The monoisotopic (exact) mass is 328 g/mol. The lowest BCUT2D eigenvalue weighted by molar-refractivity contribution is 0.299. The first kappa shape index (κ1) is 16.9. The quantitative estimate of drug-likeness (QED) is 0.816.